The van der Waals surface area contributed by atoms with E-state index in [9.17, 15) is 14.0 Å². The molecule has 172 valence electrons. The summed E-state index contributed by atoms with van der Waals surface area (Å²) in [5.74, 6) is 0.0466. The number of nitrogens with zero attached hydrogens (tertiary/aromatic N) is 3. The fourth-order valence-corrected chi connectivity index (χ4v) is 4.05. The zero-order valence-corrected chi connectivity index (χ0v) is 18.3. The van der Waals surface area contributed by atoms with E-state index in [1.165, 1.54) is 18.2 Å². The van der Waals surface area contributed by atoms with Crippen LogP contribution in [-0.2, 0) is 9.53 Å². The number of carbonyl (C=O) groups excluding carboxylic acids is 2. The molecule has 1 unspecified atom stereocenters. The van der Waals surface area contributed by atoms with Crippen LogP contribution in [0.4, 0.5) is 20.7 Å². The Labute approximate surface area is 191 Å². The molecular formula is C24H26FN5O3. The zero-order valence-electron chi connectivity index (χ0n) is 18.3. The fraction of sp³-hybridized carbons (Fsp3) is 0.292. The molecule has 1 atom stereocenters. The highest BCUT2D eigenvalue weighted by Gasteiger charge is 2.30. The maximum Gasteiger partial charge on any atom is 0.324 e. The van der Waals surface area contributed by atoms with Gasteiger partial charge in [-0.25, -0.2) is 13.9 Å². The highest BCUT2D eigenvalue weighted by atomic mass is 19.1. The molecule has 0 spiro atoms. The third-order valence-electron chi connectivity index (χ3n) is 5.68. The molecule has 9 heteroatoms. The predicted molar refractivity (Wildman–Crippen MR) is 122 cm³/mol. The lowest BCUT2D eigenvalue weighted by Gasteiger charge is -2.34. The molecule has 0 aliphatic carbocycles. The van der Waals surface area contributed by atoms with E-state index in [1.807, 2.05) is 35.2 Å². The molecule has 8 nitrogen and oxygen atoms in total. The van der Waals surface area contributed by atoms with Gasteiger partial charge in [0.1, 0.15) is 11.6 Å². The molecule has 1 aliphatic heterocycles. The standard InChI is InChI=1S/C24H26FN5O3/c1-33-22(17-6-3-2-4-7-17)23(31)29-14-11-20(12-15-29)30-21(10-13-26-30)28-24(32)27-19-9-5-8-18(25)16-19/h2-10,13,16,20,22H,11-12,14-15H2,1H3,(H2,27,28,32). The molecule has 2 aromatic carbocycles. The summed E-state index contributed by atoms with van der Waals surface area (Å²) in [5, 5.41) is 9.74. The number of amides is 3. The molecule has 0 saturated carbocycles. The molecule has 0 bridgehead atoms. The van der Waals surface area contributed by atoms with E-state index < -0.39 is 18.0 Å². The summed E-state index contributed by atoms with van der Waals surface area (Å²) in [6, 6.07) is 16.4. The molecule has 2 N–H and O–H groups in total. The number of halogens is 1. The number of aromatic nitrogens is 2. The first-order valence-corrected chi connectivity index (χ1v) is 10.8. The number of rotatable bonds is 6. The molecule has 0 radical (unpaired) electrons. The lowest BCUT2D eigenvalue weighted by atomic mass is 10.0. The number of methoxy groups -OCH3 is 1. The van der Waals surface area contributed by atoms with Crippen molar-refractivity contribution in [2.45, 2.75) is 25.0 Å². The van der Waals surface area contributed by atoms with E-state index in [4.69, 9.17) is 4.74 Å². The van der Waals surface area contributed by atoms with Gasteiger partial charge in [-0.3, -0.25) is 10.1 Å². The zero-order chi connectivity index (χ0) is 23.2. The van der Waals surface area contributed by atoms with Gasteiger partial charge in [0.15, 0.2) is 6.10 Å². The average Bonchev–Trinajstić information content (AvgIpc) is 3.28. The van der Waals surface area contributed by atoms with E-state index in [-0.39, 0.29) is 11.9 Å². The van der Waals surface area contributed by atoms with E-state index in [0.717, 1.165) is 5.56 Å². The summed E-state index contributed by atoms with van der Waals surface area (Å²) in [7, 11) is 1.54. The van der Waals surface area contributed by atoms with Crippen LogP contribution in [0.2, 0.25) is 0 Å². The molecule has 1 aliphatic rings. The van der Waals surface area contributed by atoms with Gasteiger partial charge in [0.2, 0.25) is 0 Å². The van der Waals surface area contributed by atoms with Crippen LogP contribution in [0.15, 0.2) is 66.9 Å². The Kier molecular flexibility index (Phi) is 6.99. The Morgan fingerprint density at radius 3 is 2.52 bits per heavy atom. The maximum atomic E-state index is 13.3. The number of piperidine rings is 1. The van der Waals surface area contributed by atoms with Crippen molar-refractivity contribution < 1.29 is 18.7 Å². The van der Waals surface area contributed by atoms with Crippen molar-refractivity contribution in [3.63, 3.8) is 0 Å². The van der Waals surface area contributed by atoms with Crippen molar-refractivity contribution in [1.29, 1.82) is 0 Å². The van der Waals surface area contributed by atoms with Crippen LogP contribution in [0.5, 0.6) is 0 Å². The first kappa shape index (κ1) is 22.5. The van der Waals surface area contributed by atoms with Crippen LogP contribution in [0.1, 0.15) is 30.6 Å². The van der Waals surface area contributed by atoms with Crippen molar-refractivity contribution in [3.05, 3.63) is 78.2 Å². The normalized spacial score (nSPS) is 15.2. The van der Waals surface area contributed by atoms with E-state index in [0.29, 0.717) is 37.4 Å². The Balaban J connectivity index is 1.35. The van der Waals surface area contributed by atoms with Crippen molar-refractivity contribution in [2.24, 2.45) is 0 Å². The Hall–Kier alpha value is -3.72. The van der Waals surface area contributed by atoms with Gasteiger partial charge >= 0.3 is 6.03 Å². The van der Waals surface area contributed by atoms with Crippen molar-refractivity contribution in [3.8, 4) is 0 Å². The smallest absolute Gasteiger partial charge is 0.324 e. The number of anilines is 2. The van der Waals surface area contributed by atoms with Crippen LogP contribution in [0.25, 0.3) is 0 Å². The van der Waals surface area contributed by atoms with Gasteiger partial charge in [-0.15, -0.1) is 0 Å². The number of hydrogen-bond donors (Lipinski definition) is 2. The van der Waals surface area contributed by atoms with Gasteiger partial charge < -0.3 is 15.0 Å². The molecule has 3 aromatic rings. The molecule has 2 heterocycles. The molecule has 4 rings (SSSR count). The third kappa shape index (κ3) is 5.38. The molecule has 1 saturated heterocycles. The monoisotopic (exact) mass is 451 g/mol. The van der Waals surface area contributed by atoms with Crippen molar-refractivity contribution in [1.82, 2.24) is 14.7 Å². The van der Waals surface area contributed by atoms with Gasteiger partial charge in [0.25, 0.3) is 5.91 Å². The SMILES string of the molecule is COC(C(=O)N1CCC(n2nccc2NC(=O)Nc2cccc(F)c2)CC1)c1ccccc1. The number of likely N-dealkylation sites (tertiary alicyclic amines) is 1. The van der Waals surface area contributed by atoms with E-state index >= 15 is 0 Å². The predicted octanol–water partition coefficient (Wildman–Crippen LogP) is 4.22. The van der Waals surface area contributed by atoms with Crippen LogP contribution < -0.4 is 10.6 Å². The molecule has 1 aromatic heterocycles. The largest absolute Gasteiger partial charge is 0.367 e. The fourth-order valence-electron chi connectivity index (χ4n) is 4.05. The van der Waals surface area contributed by atoms with Gasteiger partial charge in [-0.1, -0.05) is 36.4 Å². The summed E-state index contributed by atoms with van der Waals surface area (Å²) in [4.78, 5) is 27.2. The van der Waals surface area contributed by atoms with E-state index in [2.05, 4.69) is 15.7 Å². The summed E-state index contributed by atoms with van der Waals surface area (Å²) in [6.45, 7) is 1.12. The first-order valence-electron chi connectivity index (χ1n) is 10.8. The highest BCUT2D eigenvalue weighted by molar-refractivity contribution is 5.99. The number of benzene rings is 2. The number of hydrogen-bond acceptors (Lipinski definition) is 4. The summed E-state index contributed by atoms with van der Waals surface area (Å²) >= 11 is 0. The van der Waals surface area contributed by atoms with E-state index in [1.54, 1.807) is 30.1 Å². The Morgan fingerprint density at radius 1 is 1.06 bits per heavy atom. The quantitative estimate of drug-likeness (QED) is 0.587. The minimum absolute atomic E-state index is 0.0336. The summed E-state index contributed by atoms with van der Waals surface area (Å²) in [5.41, 5.74) is 1.19. The lowest BCUT2D eigenvalue weighted by Crippen LogP contribution is -2.42. The molecular weight excluding hydrogens is 425 g/mol. The summed E-state index contributed by atoms with van der Waals surface area (Å²) < 4.78 is 20.6. The molecule has 33 heavy (non-hydrogen) atoms. The van der Waals surface area contributed by atoms with Crippen molar-refractivity contribution in [2.75, 3.05) is 30.8 Å². The van der Waals surface area contributed by atoms with Crippen LogP contribution in [0.3, 0.4) is 0 Å². The van der Waals surface area contributed by atoms with Gasteiger partial charge in [0.05, 0.1) is 12.2 Å². The number of ether oxygens (including phenoxy) is 1. The second-order valence-corrected chi connectivity index (χ2v) is 7.83. The Morgan fingerprint density at radius 2 is 1.82 bits per heavy atom. The Bertz CT molecular complexity index is 1100. The maximum absolute atomic E-state index is 13.3. The van der Waals surface area contributed by atoms with Gasteiger partial charge in [0, 0.05) is 32.0 Å². The molecule has 1 fully saturated rings. The highest BCUT2D eigenvalue weighted by Crippen LogP contribution is 2.28. The molecule has 3 amide bonds. The first-order chi connectivity index (χ1) is 16.0. The number of carbonyl (C=O) groups is 2. The second-order valence-electron chi connectivity index (χ2n) is 7.83. The van der Waals surface area contributed by atoms with Crippen LogP contribution in [-0.4, -0.2) is 46.8 Å². The average molecular weight is 452 g/mol. The van der Waals surface area contributed by atoms with Gasteiger partial charge in [-0.05, 0) is 36.6 Å². The third-order valence-corrected chi connectivity index (χ3v) is 5.68. The lowest BCUT2D eigenvalue weighted by molar-refractivity contribution is -0.143. The topological polar surface area (TPSA) is 88.5 Å². The summed E-state index contributed by atoms with van der Waals surface area (Å²) in [6.07, 6.45) is 2.37. The minimum Gasteiger partial charge on any atom is -0.367 e. The van der Waals surface area contributed by atoms with Crippen LogP contribution >= 0.6 is 0 Å². The van der Waals surface area contributed by atoms with Crippen LogP contribution in [0, 0.1) is 5.82 Å². The van der Waals surface area contributed by atoms with Gasteiger partial charge in [-0.2, -0.15) is 5.10 Å². The minimum atomic E-state index is -0.629. The van der Waals surface area contributed by atoms with Crippen molar-refractivity contribution >= 4 is 23.4 Å². The second kappa shape index (κ2) is 10.3. The number of urea groups is 1. The number of nitrogens with one attached hydrogen (secondary N) is 2.